The molecule has 1 amide bonds. The molecule has 1 aliphatic heterocycles. The van der Waals surface area contributed by atoms with Gasteiger partial charge in [-0.05, 0) is 30.3 Å². The number of methoxy groups -OCH3 is 2. The molecule has 0 spiro atoms. The molecule has 1 aliphatic rings. The predicted octanol–water partition coefficient (Wildman–Crippen LogP) is 4.51. The summed E-state index contributed by atoms with van der Waals surface area (Å²) < 4.78 is 10.9. The molecule has 3 aromatic rings. The van der Waals surface area contributed by atoms with Crippen LogP contribution in [0.25, 0.3) is 0 Å². The Morgan fingerprint density at radius 3 is 2.36 bits per heavy atom. The SMILES string of the molecule is COc1ccc(C2=NN(C(=O)CN(C)Cc3ccccc3)C(c3ccccc3)C2)c(OC)c1. The molecule has 0 aromatic heterocycles. The summed E-state index contributed by atoms with van der Waals surface area (Å²) in [5.74, 6) is 1.35. The van der Waals surface area contributed by atoms with E-state index in [4.69, 9.17) is 14.6 Å². The summed E-state index contributed by atoms with van der Waals surface area (Å²) >= 11 is 0. The van der Waals surface area contributed by atoms with Gasteiger partial charge in [0.2, 0.25) is 0 Å². The van der Waals surface area contributed by atoms with Crippen LogP contribution in [0.3, 0.4) is 0 Å². The number of rotatable bonds is 8. The number of hydrazone groups is 1. The van der Waals surface area contributed by atoms with Gasteiger partial charge in [0.1, 0.15) is 11.5 Å². The van der Waals surface area contributed by atoms with Gasteiger partial charge < -0.3 is 9.47 Å². The van der Waals surface area contributed by atoms with Crippen LogP contribution >= 0.6 is 0 Å². The average molecular weight is 444 g/mol. The molecule has 0 saturated carbocycles. The van der Waals surface area contributed by atoms with E-state index in [1.54, 1.807) is 19.2 Å². The minimum Gasteiger partial charge on any atom is -0.497 e. The molecule has 0 aliphatic carbocycles. The number of hydrogen-bond acceptors (Lipinski definition) is 5. The molecule has 0 bridgehead atoms. The Hall–Kier alpha value is -3.64. The van der Waals surface area contributed by atoms with Crippen molar-refractivity contribution in [2.45, 2.75) is 19.0 Å². The van der Waals surface area contributed by atoms with Crippen molar-refractivity contribution in [1.82, 2.24) is 9.91 Å². The van der Waals surface area contributed by atoms with Crippen molar-refractivity contribution in [3.8, 4) is 11.5 Å². The van der Waals surface area contributed by atoms with Gasteiger partial charge in [-0.2, -0.15) is 5.10 Å². The topological polar surface area (TPSA) is 54.4 Å². The molecule has 1 heterocycles. The number of likely N-dealkylation sites (N-methyl/N-ethyl adjacent to an activating group) is 1. The number of hydrogen-bond donors (Lipinski definition) is 0. The zero-order valence-corrected chi connectivity index (χ0v) is 19.3. The Morgan fingerprint density at radius 2 is 1.70 bits per heavy atom. The van der Waals surface area contributed by atoms with Gasteiger partial charge in [-0.25, -0.2) is 5.01 Å². The second kappa shape index (κ2) is 10.3. The summed E-state index contributed by atoms with van der Waals surface area (Å²) in [7, 11) is 5.21. The van der Waals surface area contributed by atoms with Crippen molar-refractivity contribution in [3.63, 3.8) is 0 Å². The largest absolute Gasteiger partial charge is 0.497 e. The van der Waals surface area contributed by atoms with E-state index >= 15 is 0 Å². The third-order valence-electron chi connectivity index (χ3n) is 5.77. The van der Waals surface area contributed by atoms with Gasteiger partial charge in [0, 0.05) is 24.6 Å². The molecular formula is C27H29N3O3. The highest BCUT2D eigenvalue weighted by Crippen LogP contribution is 2.36. The predicted molar refractivity (Wildman–Crippen MR) is 130 cm³/mol. The van der Waals surface area contributed by atoms with Crippen molar-refractivity contribution in [1.29, 1.82) is 0 Å². The highest BCUT2D eigenvalue weighted by Gasteiger charge is 2.34. The van der Waals surface area contributed by atoms with Crippen LogP contribution in [0.4, 0.5) is 0 Å². The van der Waals surface area contributed by atoms with Crippen molar-refractivity contribution in [2.24, 2.45) is 5.10 Å². The van der Waals surface area contributed by atoms with Crippen LogP contribution in [0, 0.1) is 0 Å². The summed E-state index contributed by atoms with van der Waals surface area (Å²) in [6, 6.07) is 25.7. The minimum absolute atomic E-state index is 0.0373. The maximum Gasteiger partial charge on any atom is 0.257 e. The van der Waals surface area contributed by atoms with Crippen molar-refractivity contribution in [2.75, 3.05) is 27.8 Å². The highest BCUT2D eigenvalue weighted by atomic mass is 16.5. The van der Waals surface area contributed by atoms with E-state index in [1.807, 2.05) is 78.7 Å². The van der Waals surface area contributed by atoms with Crippen molar-refractivity contribution >= 4 is 11.6 Å². The van der Waals surface area contributed by atoms with Crippen LogP contribution in [0.15, 0.2) is 84.0 Å². The number of nitrogens with zero attached hydrogens (tertiary/aromatic N) is 3. The Kier molecular flexibility index (Phi) is 7.05. The van der Waals surface area contributed by atoms with E-state index < -0.39 is 0 Å². The molecular weight excluding hydrogens is 414 g/mol. The molecule has 33 heavy (non-hydrogen) atoms. The standard InChI is InChI=1S/C27H29N3O3/c1-29(18-20-10-6-4-7-11-20)19-27(31)30-25(21-12-8-5-9-13-21)17-24(28-30)23-15-14-22(32-2)16-26(23)33-3/h4-16,25H,17-19H2,1-3H3. The Labute approximate surface area is 195 Å². The van der Waals surface area contributed by atoms with Gasteiger partial charge >= 0.3 is 0 Å². The molecule has 0 fully saturated rings. The number of benzene rings is 3. The molecule has 6 nitrogen and oxygen atoms in total. The number of ether oxygens (including phenoxy) is 2. The van der Waals surface area contributed by atoms with Gasteiger partial charge in [0.25, 0.3) is 5.91 Å². The van der Waals surface area contributed by atoms with Crippen molar-refractivity contribution < 1.29 is 14.3 Å². The highest BCUT2D eigenvalue weighted by molar-refractivity contribution is 6.05. The third kappa shape index (κ3) is 5.23. The second-order valence-electron chi connectivity index (χ2n) is 8.14. The molecule has 1 atom stereocenters. The maximum atomic E-state index is 13.4. The Morgan fingerprint density at radius 1 is 1.00 bits per heavy atom. The monoisotopic (exact) mass is 443 g/mol. The molecule has 0 N–H and O–H groups in total. The third-order valence-corrected chi connectivity index (χ3v) is 5.77. The van der Waals surface area contributed by atoms with E-state index in [1.165, 1.54) is 5.56 Å². The zero-order valence-electron chi connectivity index (χ0n) is 19.3. The first-order valence-corrected chi connectivity index (χ1v) is 11.0. The number of amides is 1. The fourth-order valence-corrected chi connectivity index (χ4v) is 4.13. The van der Waals surface area contributed by atoms with E-state index in [0.29, 0.717) is 24.5 Å². The van der Waals surface area contributed by atoms with E-state index in [9.17, 15) is 4.79 Å². The number of carbonyl (C=O) groups excluding carboxylic acids is 1. The van der Waals surface area contributed by atoms with Gasteiger partial charge in [-0.1, -0.05) is 60.7 Å². The lowest BCUT2D eigenvalue weighted by Gasteiger charge is -2.24. The minimum atomic E-state index is -0.161. The molecule has 1 unspecified atom stereocenters. The molecule has 0 saturated heterocycles. The number of carbonyl (C=O) groups is 1. The fraction of sp³-hybridized carbons (Fsp3) is 0.259. The second-order valence-corrected chi connectivity index (χ2v) is 8.14. The van der Waals surface area contributed by atoms with Gasteiger partial charge in [0.05, 0.1) is 32.5 Å². The average Bonchev–Trinajstić information content (AvgIpc) is 3.30. The first-order valence-electron chi connectivity index (χ1n) is 11.0. The summed E-state index contributed by atoms with van der Waals surface area (Å²) in [5.41, 5.74) is 3.92. The van der Waals surface area contributed by atoms with Gasteiger partial charge in [-0.15, -0.1) is 0 Å². The first kappa shape index (κ1) is 22.6. The van der Waals surface area contributed by atoms with Crippen LogP contribution in [0.5, 0.6) is 11.5 Å². The summed E-state index contributed by atoms with van der Waals surface area (Å²) in [5, 5.41) is 6.43. The first-order chi connectivity index (χ1) is 16.1. The lowest BCUT2D eigenvalue weighted by molar-refractivity contribution is -0.134. The van der Waals surface area contributed by atoms with Gasteiger partial charge in [0.15, 0.2) is 0 Å². The summed E-state index contributed by atoms with van der Waals surface area (Å²) in [6.45, 7) is 0.966. The van der Waals surface area contributed by atoms with Crippen LogP contribution in [0.1, 0.15) is 29.2 Å². The van der Waals surface area contributed by atoms with Crippen LogP contribution in [-0.4, -0.2) is 49.3 Å². The quantitative estimate of drug-likeness (QED) is 0.514. The summed E-state index contributed by atoms with van der Waals surface area (Å²) in [6.07, 6.45) is 0.612. The van der Waals surface area contributed by atoms with Crippen LogP contribution < -0.4 is 9.47 Å². The van der Waals surface area contributed by atoms with E-state index in [0.717, 1.165) is 16.8 Å². The molecule has 170 valence electrons. The summed E-state index contributed by atoms with van der Waals surface area (Å²) in [4.78, 5) is 15.4. The lowest BCUT2D eigenvalue weighted by Crippen LogP contribution is -2.36. The molecule has 3 aromatic carbocycles. The normalized spacial score (nSPS) is 15.5. The van der Waals surface area contributed by atoms with Gasteiger partial charge in [-0.3, -0.25) is 9.69 Å². The lowest BCUT2D eigenvalue weighted by atomic mass is 9.98. The Balaban J connectivity index is 1.60. The van der Waals surface area contributed by atoms with Crippen LogP contribution in [-0.2, 0) is 11.3 Å². The van der Waals surface area contributed by atoms with Crippen LogP contribution in [0.2, 0.25) is 0 Å². The molecule has 0 radical (unpaired) electrons. The van der Waals surface area contributed by atoms with E-state index in [-0.39, 0.29) is 18.5 Å². The maximum absolute atomic E-state index is 13.4. The Bertz CT molecular complexity index is 1120. The molecule has 6 heteroatoms. The zero-order chi connectivity index (χ0) is 23.2. The molecule has 4 rings (SSSR count). The smallest absolute Gasteiger partial charge is 0.257 e. The fourth-order valence-electron chi connectivity index (χ4n) is 4.13. The van der Waals surface area contributed by atoms with E-state index in [2.05, 4.69) is 12.1 Å². The van der Waals surface area contributed by atoms with Crippen molar-refractivity contribution in [3.05, 3.63) is 95.6 Å².